The molecule has 0 N–H and O–H groups in total. The zero-order valence-electron chi connectivity index (χ0n) is 15.2. The average molecular weight is 418 g/mol. The molecule has 0 radical (unpaired) electrons. The number of aromatic nitrogens is 3. The highest BCUT2D eigenvalue weighted by Crippen LogP contribution is 2.38. The molecule has 2 heterocycles. The number of hydrogen-bond acceptors (Lipinski definition) is 4. The first-order chi connectivity index (χ1) is 13.9. The largest absolute Gasteiger partial charge is 0.416 e. The molecule has 3 aromatic rings. The van der Waals surface area contributed by atoms with Crippen LogP contribution in [0.5, 0.6) is 0 Å². The van der Waals surface area contributed by atoms with Crippen LogP contribution in [0.1, 0.15) is 27.8 Å². The summed E-state index contributed by atoms with van der Waals surface area (Å²) in [6, 6.07) is 14.8. The molecular weight excluding hydrogens is 401 g/mol. The van der Waals surface area contributed by atoms with E-state index >= 15 is 0 Å². The Kier molecular flexibility index (Phi) is 5.31. The van der Waals surface area contributed by atoms with Crippen LogP contribution in [0.4, 0.5) is 13.2 Å². The van der Waals surface area contributed by atoms with Gasteiger partial charge >= 0.3 is 6.18 Å². The first-order valence-electron chi connectivity index (χ1n) is 8.91. The van der Waals surface area contributed by atoms with Crippen LogP contribution in [0.25, 0.3) is 0 Å². The molecule has 0 unspecified atom stereocenters. The predicted octanol–water partition coefficient (Wildman–Crippen LogP) is 4.12. The van der Waals surface area contributed by atoms with E-state index in [1.165, 1.54) is 22.5 Å². The van der Waals surface area contributed by atoms with E-state index in [-0.39, 0.29) is 17.8 Å². The molecule has 150 valence electrons. The Hall–Kier alpha value is -2.81. The fourth-order valence-electron chi connectivity index (χ4n) is 3.19. The molecule has 1 aliphatic heterocycles. The standard InChI is InChI=1S/C20H17F3N4OS/c21-20(22,23)16-8-4-7-15(9-16)10-26-12-17(24-25-26)19-27(18(28)13-29-19)11-14-5-2-1-3-6-14/h1-9,12,19H,10-11,13H2/t19-/m0/s1. The average Bonchev–Trinajstić information content (AvgIpc) is 3.29. The first-order valence-corrected chi connectivity index (χ1v) is 9.96. The van der Waals surface area contributed by atoms with E-state index in [1.54, 1.807) is 17.2 Å². The Morgan fingerprint density at radius 3 is 2.55 bits per heavy atom. The van der Waals surface area contributed by atoms with Crippen molar-refractivity contribution in [2.45, 2.75) is 24.6 Å². The van der Waals surface area contributed by atoms with Crippen LogP contribution < -0.4 is 0 Å². The van der Waals surface area contributed by atoms with Crippen molar-refractivity contribution >= 4 is 17.7 Å². The number of alkyl halides is 3. The molecule has 1 fully saturated rings. The number of rotatable bonds is 5. The van der Waals surface area contributed by atoms with Gasteiger partial charge in [-0.3, -0.25) is 4.79 Å². The van der Waals surface area contributed by atoms with Gasteiger partial charge < -0.3 is 4.90 Å². The maximum Gasteiger partial charge on any atom is 0.416 e. The highest BCUT2D eigenvalue weighted by atomic mass is 32.2. The molecule has 1 saturated heterocycles. The Morgan fingerprint density at radius 1 is 1.03 bits per heavy atom. The minimum Gasteiger partial charge on any atom is -0.320 e. The van der Waals surface area contributed by atoms with Gasteiger partial charge in [-0.1, -0.05) is 47.7 Å². The van der Waals surface area contributed by atoms with E-state index in [4.69, 9.17) is 0 Å². The second kappa shape index (κ2) is 7.90. The van der Waals surface area contributed by atoms with Crippen LogP contribution in [0.15, 0.2) is 60.8 Å². The molecule has 0 bridgehead atoms. The molecule has 0 spiro atoms. The normalized spacial score (nSPS) is 17.1. The highest BCUT2D eigenvalue weighted by molar-refractivity contribution is 8.00. The van der Waals surface area contributed by atoms with Crippen molar-refractivity contribution in [3.63, 3.8) is 0 Å². The van der Waals surface area contributed by atoms with Crippen molar-refractivity contribution in [2.24, 2.45) is 0 Å². The maximum atomic E-state index is 12.9. The van der Waals surface area contributed by atoms with Gasteiger partial charge in [0.15, 0.2) is 0 Å². The van der Waals surface area contributed by atoms with Gasteiger partial charge in [-0.05, 0) is 23.3 Å². The molecule has 1 aliphatic rings. The number of amides is 1. The number of hydrogen-bond donors (Lipinski definition) is 0. The van der Waals surface area contributed by atoms with Crippen LogP contribution >= 0.6 is 11.8 Å². The van der Waals surface area contributed by atoms with Crippen LogP contribution in [-0.2, 0) is 24.1 Å². The zero-order chi connectivity index (χ0) is 20.4. The Labute approximate surface area is 169 Å². The van der Waals surface area contributed by atoms with Crippen molar-refractivity contribution in [2.75, 3.05) is 5.75 Å². The lowest BCUT2D eigenvalue weighted by Gasteiger charge is -2.22. The van der Waals surface area contributed by atoms with Crippen molar-refractivity contribution in [1.82, 2.24) is 19.9 Å². The fourth-order valence-corrected chi connectivity index (χ4v) is 4.30. The summed E-state index contributed by atoms with van der Waals surface area (Å²) in [4.78, 5) is 14.1. The van der Waals surface area contributed by atoms with Gasteiger partial charge in [-0.25, -0.2) is 4.68 Å². The summed E-state index contributed by atoms with van der Waals surface area (Å²) in [6.45, 7) is 0.638. The molecule has 1 aromatic heterocycles. The van der Waals surface area contributed by atoms with Crippen molar-refractivity contribution in [1.29, 1.82) is 0 Å². The Bertz CT molecular complexity index is 1010. The lowest BCUT2D eigenvalue weighted by molar-refractivity contribution is -0.137. The molecule has 1 atom stereocenters. The van der Waals surface area contributed by atoms with Gasteiger partial charge in [0.2, 0.25) is 5.91 Å². The summed E-state index contributed by atoms with van der Waals surface area (Å²) < 4.78 is 40.2. The number of benzene rings is 2. The van der Waals surface area contributed by atoms with Gasteiger partial charge in [0, 0.05) is 6.54 Å². The Morgan fingerprint density at radius 2 is 1.79 bits per heavy atom. The number of carbonyl (C=O) groups excluding carboxylic acids is 1. The summed E-state index contributed by atoms with van der Waals surface area (Å²) in [5.74, 6) is 0.383. The molecule has 0 aliphatic carbocycles. The van der Waals surface area contributed by atoms with Crippen LogP contribution in [-0.4, -0.2) is 31.6 Å². The molecular formula is C20H17F3N4OS. The quantitative estimate of drug-likeness (QED) is 0.626. The summed E-state index contributed by atoms with van der Waals surface area (Å²) in [5.41, 5.74) is 1.42. The fraction of sp³-hybridized carbons (Fsp3) is 0.250. The topological polar surface area (TPSA) is 51.0 Å². The van der Waals surface area contributed by atoms with E-state index in [0.29, 0.717) is 23.6 Å². The third-order valence-corrected chi connectivity index (χ3v) is 5.80. The van der Waals surface area contributed by atoms with Crippen LogP contribution in [0.3, 0.4) is 0 Å². The number of thioether (sulfide) groups is 1. The highest BCUT2D eigenvalue weighted by Gasteiger charge is 2.35. The summed E-state index contributed by atoms with van der Waals surface area (Å²) in [7, 11) is 0. The van der Waals surface area contributed by atoms with E-state index < -0.39 is 11.7 Å². The van der Waals surface area contributed by atoms with Crippen molar-refractivity contribution < 1.29 is 18.0 Å². The second-order valence-electron chi connectivity index (χ2n) is 6.71. The van der Waals surface area contributed by atoms with E-state index in [0.717, 1.165) is 17.7 Å². The summed E-state index contributed by atoms with van der Waals surface area (Å²) in [5, 5.41) is 7.95. The predicted molar refractivity (Wildman–Crippen MR) is 103 cm³/mol. The summed E-state index contributed by atoms with van der Waals surface area (Å²) in [6.07, 6.45) is -2.70. The molecule has 9 heteroatoms. The zero-order valence-corrected chi connectivity index (χ0v) is 16.0. The van der Waals surface area contributed by atoms with Gasteiger partial charge in [0.1, 0.15) is 11.1 Å². The Balaban J connectivity index is 1.50. The third kappa shape index (κ3) is 4.45. The molecule has 1 amide bonds. The van der Waals surface area contributed by atoms with Crippen molar-refractivity contribution in [3.8, 4) is 0 Å². The SMILES string of the molecule is O=C1CS[C@@H](c2cn(Cc3cccc(C(F)(F)F)c3)nn2)N1Cc1ccccc1. The monoisotopic (exact) mass is 418 g/mol. The smallest absolute Gasteiger partial charge is 0.320 e. The first kappa shape index (κ1) is 19.5. The second-order valence-corrected chi connectivity index (χ2v) is 7.78. The number of halogens is 3. The van der Waals surface area contributed by atoms with E-state index in [2.05, 4.69) is 10.3 Å². The van der Waals surface area contributed by atoms with Gasteiger partial charge in [-0.2, -0.15) is 13.2 Å². The molecule has 5 nitrogen and oxygen atoms in total. The molecule has 2 aromatic carbocycles. The van der Waals surface area contributed by atoms with Crippen molar-refractivity contribution in [3.05, 3.63) is 83.2 Å². The minimum absolute atomic E-state index is 0.0243. The molecule has 4 rings (SSSR count). The lowest BCUT2D eigenvalue weighted by Crippen LogP contribution is -2.27. The number of carbonyl (C=O) groups is 1. The minimum atomic E-state index is -4.39. The van der Waals surface area contributed by atoms with E-state index in [1.807, 2.05) is 30.3 Å². The lowest BCUT2D eigenvalue weighted by atomic mass is 10.1. The maximum absolute atomic E-state index is 12.9. The molecule has 29 heavy (non-hydrogen) atoms. The van der Waals surface area contributed by atoms with Crippen LogP contribution in [0.2, 0.25) is 0 Å². The molecule has 0 saturated carbocycles. The van der Waals surface area contributed by atoms with E-state index in [9.17, 15) is 18.0 Å². The third-order valence-electron chi connectivity index (χ3n) is 4.57. The van der Waals surface area contributed by atoms with Gasteiger partial charge in [0.25, 0.3) is 0 Å². The van der Waals surface area contributed by atoms with Gasteiger partial charge in [-0.15, -0.1) is 16.9 Å². The van der Waals surface area contributed by atoms with Crippen LogP contribution in [0, 0.1) is 0 Å². The number of nitrogens with zero attached hydrogens (tertiary/aromatic N) is 4. The summed E-state index contributed by atoms with van der Waals surface area (Å²) >= 11 is 1.47. The van der Waals surface area contributed by atoms with Gasteiger partial charge in [0.05, 0.1) is 24.1 Å².